The van der Waals surface area contributed by atoms with Gasteiger partial charge in [0.2, 0.25) is 5.95 Å². The highest BCUT2D eigenvalue weighted by Gasteiger charge is 2.36. The molecule has 0 spiro atoms. The molecule has 11 heteroatoms. The fourth-order valence-electron chi connectivity index (χ4n) is 4.62. The number of hydrogen-bond donors (Lipinski definition) is 3. The summed E-state index contributed by atoms with van der Waals surface area (Å²) in [6.45, 7) is 4.71. The fourth-order valence-corrected chi connectivity index (χ4v) is 4.62. The van der Waals surface area contributed by atoms with Gasteiger partial charge in [0, 0.05) is 56.2 Å². The molecule has 1 aromatic heterocycles. The van der Waals surface area contributed by atoms with Gasteiger partial charge in [-0.15, -0.1) is 0 Å². The number of rotatable bonds is 5. The molecule has 3 aliphatic heterocycles. The van der Waals surface area contributed by atoms with Crippen molar-refractivity contribution in [3.63, 3.8) is 0 Å². The van der Waals surface area contributed by atoms with Crippen LogP contribution < -0.4 is 30.2 Å². The highest BCUT2D eigenvalue weighted by Crippen LogP contribution is 2.29. The molecule has 0 saturated carbocycles. The molecule has 0 unspecified atom stereocenters. The van der Waals surface area contributed by atoms with Gasteiger partial charge in [-0.05, 0) is 42.8 Å². The largest absolute Gasteiger partial charge is 0.493 e. The summed E-state index contributed by atoms with van der Waals surface area (Å²) in [6, 6.07) is 12.2. The van der Waals surface area contributed by atoms with E-state index in [1.54, 1.807) is 18.2 Å². The number of ether oxygens (including phenoxy) is 3. The molecule has 3 aromatic rings. The number of nitrogens with zero attached hydrogens (tertiary/aromatic N) is 3. The fraction of sp³-hybridized carbons (Fsp3) is 0.357. The van der Waals surface area contributed by atoms with E-state index in [0.29, 0.717) is 54.9 Å². The second-order valence-corrected chi connectivity index (χ2v) is 9.45. The van der Waals surface area contributed by atoms with Gasteiger partial charge in [-0.1, -0.05) is 12.1 Å². The van der Waals surface area contributed by atoms with Gasteiger partial charge in [-0.25, -0.2) is 9.97 Å². The Morgan fingerprint density at radius 3 is 2.64 bits per heavy atom. The van der Waals surface area contributed by atoms with Crippen molar-refractivity contribution in [3.05, 3.63) is 71.5 Å². The SMILES string of the molecule is CCNc1ncc(CN2C[C@@H]3NC(=O)c4ccc(OC)c(c4)OCC(=O)NCc4ccc(cc4)O[C@H]3C2)cn1. The van der Waals surface area contributed by atoms with E-state index in [2.05, 4.69) is 30.8 Å². The van der Waals surface area contributed by atoms with Gasteiger partial charge in [-0.2, -0.15) is 0 Å². The lowest BCUT2D eigenvalue weighted by molar-refractivity contribution is -0.123. The molecule has 2 atom stereocenters. The van der Waals surface area contributed by atoms with Gasteiger partial charge < -0.3 is 30.2 Å². The monoisotopic (exact) mass is 532 g/mol. The first-order valence-electron chi connectivity index (χ1n) is 12.9. The first-order chi connectivity index (χ1) is 19.0. The van der Waals surface area contributed by atoms with E-state index in [-0.39, 0.29) is 30.6 Å². The Morgan fingerprint density at radius 2 is 1.90 bits per heavy atom. The van der Waals surface area contributed by atoms with Crippen LogP contribution in [0.3, 0.4) is 0 Å². The molecule has 0 aliphatic carbocycles. The van der Waals surface area contributed by atoms with E-state index in [9.17, 15) is 9.59 Å². The zero-order valence-corrected chi connectivity index (χ0v) is 22.0. The van der Waals surface area contributed by atoms with Crippen LogP contribution in [0.5, 0.6) is 17.2 Å². The number of carbonyl (C=O) groups is 2. The number of likely N-dealkylation sites (tertiary alicyclic amines) is 1. The number of fused-ring (bicyclic) bond motifs is 7. The Morgan fingerprint density at radius 1 is 1.10 bits per heavy atom. The van der Waals surface area contributed by atoms with Crippen LogP contribution in [0.1, 0.15) is 28.4 Å². The van der Waals surface area contributed by atoms with Gasteiger partial charge in [0.1, 0.15) is 11.9 Å². The van der Waals surface area contributed by atoms with Crippen molar-refractivity contribution in [1.82, 2.24) is 25.5 Å². The van der Waals surface area contributed by atoms with Crippen LogP contribution in [-0.2, 0) is 17.9 Å². The van der Waals surface area contributed by atoms with Crippen molar-refractivity contribution in [3.8, 4) is 17.2 Å². The van der Waals surface area contributed by atoms with Crippen LogP contribution in [0.2, 0.25) is 0 Å². The number of amides is 2. The summed E-state index contributed by atoms with van der Waals surface area (Å²) >= 11 is 0. The zero-order valence-electron chi connectivity index (χ0n) is 22.0. The Bertz CT molecular complexity index is 1300. The molecule has 4 heterocycles. The highest BCUT2D eigenvalue weighted by molar-refractivity contribution is 5.95. The molecule has 204 valence electrons. The van der Waals surface area contributed by atoms with E-state index >= 15 is 0 Å². The van der Waals surface area contributed by atoms with Crippen LogP contribution in [0.4, 0.5) is 5.95 Å². The minimum absolute atomic E-state index is 0.207. The van der Waals surface area contributed by atoms with Crippen LogP contribution in [-0.4, -0.2) is 72.2 Å². The van der Waals surface area contributed by atoms with Crippen LogP contribution in [0, 0.1) is 0 Å². The highest BCUT2D eigenvalue weighted by atomic mass is 16.5. The van der Waals surface area contributed by atoms with Crippen molar-refractivity contribution >= 4 is 17.8 Å². The summed E-state index contributed by atoms with van der Waals surface area (Å²) in [4.78, 5) is 36.6. The number of benzene rings is 2. The maximum absolute atomic E-state index is 13.3. The van der Waals surface area contributed by atoms with Crippen molar-refractivity contribution in [2.45, 2.75) is 32.2 Å². The standard InChI is InChI=1S/C28H32N6O5/c1-3-29-28-31-12-19(13-32-28)14-34-15-22-25(16-34)39-21-7-4-18(5-8-21)11-30-26(35)17-38-24-10-20(27(36)33-22)6-9-23(24)37-2/h4-10,12-13,22,25H,3,11,14-17H2,1-2H3,(H,30,35)(H,33,36)(H,29,31,32)/t22-,25-/m0/s1. The summed E-state index contributed by atoms with van der Waals surface area (Å²) in [7, 11) is 1.51. The van der Waals surface area contributed by atoms with Crippen LogP contribution in [0.25, 0.3) is 0 Å². The molecule has 6 rings (SSSR count). The first-order valence-corrected chi connectivity index (χ1v) is 12.9. The molecule has 4 bridgehead atoms. The molecule has 2 aromatic carbocycles. The van der Waals surface area contributed by atoms with Gasteiger partial charge in [-0.3, -0.25) is 14.5 Å². The Kier molecular flexibility index (Phi) is 8.07. The smallest absolute Gasteiger partial charge is 0.258 e. The lowest BCUT2D eigenvalue weighted by Gasteiger charge is -2.21. The first kappa shape index (κ1) is 26.2. The Hall–Kier alpha value is -4.38. The van der Waals surface area contributed by atoms with Crippen LogP contribution >= 0.6 is 0 Å². The predicted octanol–water partition coefficient (Wildman–Crippen LogP) is 1.99. The topological polar surface area (TPSA) is 127 Å². The second-order valence-electron chi connectivity index (χ2n) is 9.45. The summed E-state index contributed by atoms with van der Waals surface area (Å²) in [5, 5.41) is 9.08. The third-order valence-corrected chi connectivity index (χ3v) is 6.59. The van der Waals surface area contributed by atoms with E-state index < -0.39 is 0 Å². The maximum Gasteiger partial charge on any atom is 0.258 e. The number of anilines is 1. The molecule has 0 radical (unpaired) electrons. The molecule has 1 saturated heterocycles. The number of nitrogens with one attached hydrogen (secondary N) is 3. The molecule has 3 aliphatic rings. The van der Waals surface area contributed by atoms with Crippen LogP contribution in [0.15, 0.2) is 54.9 Å². The minimum Gasteiger partial charge on any atom is -0.493 e. The average molecular weight is 533 g/mol. The summed E-state index contributed by atoms with van der Waals surface area (Å²) < 4.78 is 17.4. The average Bonchev–Trinajstić information content (AvgIpc) is 3.31. The normalized spacial score (nSPS) is 19.6. The van der Waals surface area contributed by atoms with E-state index in [4.69, 9.17) is 14.2 Å². The number of carbonyl (C=O) groups excluding carboxylic acids is 2. The molecule has 39 heavy (non-hydrogen) atoms. The lowest BCUT2D eigenvalue weighted by Crippen LogP contribution is -2.45. The quantitative estimate of drug-likeness (QED) is 0.452. The molecule has 11 nitrogen and oxygen atoms in total. The van der Waals surface area contributed by atoms with Crippen molar-refractivity contribution in [2.75, 3.05) is 38.7 Å². The van der Waals surface area contributed by atoms with Crippen molar-refractivity contribution in [2.24, 2.45) is 0 Å². The second kappa shape index (κ2) is 12.0. The van der Waals surface area contributed by atoms with Gasteiger partial charge in [0.25, 0.3) is 11.8 Å². The van der Waals surface area contributed by atoms with Gasteiger partial charge in [0.05, 0.1) is 13.2 Å². The summed E-state index contributed by atoms with van der Waals surface area (Å²) in [5.74, 6) is 1.48. The summed E-state index contributed by atoms with van der Waals surface area (Å²) in [5.41, 5.74) is 2.29. The lowest BCUT2D eigenvalue weighted by atomic mass is 10.1. The van der Waals surface area contributed by atoms with Gasteiger partial charge >= 0.3 is 0 Å². The molecule has 2 amide bonds. The van der Waals surface area contributed by atoms with E-state index in [0.717, 1.165) is 17.7 Å². The molecular formula is C28H32N6O5. The third kappa shape index (κ3) is 6.55. The van der Waals surface area contributed by atoms with Gasteiger partial charge in [0.15, 0.2) is 18.1 Å². The predicted molar refractivity (Wildman–Crippen MR) is 144 cm³/mol. The summed E-state index contributed by atoms with van der Waals surface area (Å²) in [6.07, 6.45) is 3.34. The van der Waals surface area contributed by atoms with Crippen molar-refractivity contribution < 1.29 is 23.8 Å². The van der Waals surface area contributed by atoms with E-state index in [1.165, 1.54) is 7.11 Å². The van der Waals surface area contributed by atoms with Crippen molar-refractivity contribution in [1.29, 1.82) is 0 Å². The molecule has 3 N–H and O–H groups in total. The Balaban J connectivity index is 1.38. The maximum atomic E-state index is 13.3. The minimum atomic E-state index is -0.286. The zero-order chi connectivity index (χ0) is 27.2. The third-order valence-electron chi connectivity index (χ3n) is 6.59. The molecular weight excluding hydrogens is 500 g/mol. The number of hydrogen-bond acceptors (Lipinski definition) is 9. The van der Waals surface area contributed by atoms with E-state index in [1.807, 2.05) is 43.6 Å². The Labute approximate surface area is 226 Å². The number of aromatic nitrogens is 2. The number of methoxy groups -OCH3 is 1. The molecule has 1 fully saturated rings.